The number of pyridine rings is 1. The normalized spacial score (nSPS) is 17.5. The van der Waals surface area contributed by atoms with E-state index in [-0.39, 0.29) is 17.2 Å². The Morgan fingerprint density at radius 3 is 2.71 bits per heavy atom. The van der Waals surface area contributed by atoms with E-state index in [2.05, 4.69) is 19.2 Å². The first-order valence-electron chi connectivity index (χ1n) is 7.12. The molecule has 0 spiro atoms. The molecule has 1 aromatic carbocycles. The fourth-order valence-corrected chi connectivity index (χ4v) is 2.61. The molecule has 3 rings (SSSR count). The van der Waals surface area contributed by atoms with Gasteiger partial charge in [-0.15, -0.1) is 0 Å². The monoisotopic (exact) mass is 286 g/mol. The average molecular weight is 286 g/mol. The fourth-order valence-electron chi connectivity index (χ4n) is 2.61. The summed E-state index contributed by atoms with van der Waals surface area (Å²) in [6.07, 6.45) is -0.596. The highest BCUT2D eigenvalue weighted by molar-refractivity contribution is 6.02. The minimum atomic E-state index is -0.596. The van der Waals surface area contributed by atoms with Gasteiger partial charge in [0.1, 0.15) is 0 Å². The number of hydrogen-bond acceptors (Lipinski definition) is 3. The summed E-state index contributed by atoms with van der Waals surface area (Å²) in [4.78, 5) is 24.5. The van der Waals surface area contributed by atoms with Crippen molar-refractivity contribution in [2.24, 2.45) is 5.92 Å². The van der Waals surface area contributed by atoms with Crippen LogP contribution in [0, 0.1) is 5.92 Å². The summed E-state index contributed by atoms with van der Waals surface area (Å²) in [6.45, 7) is 6.38. The molecule has 1 aliphatic rings. The molecule has 5 nitrogen and oxygen atoms in total. The Balaban J connectivity index is 2.34. The number of nitrogens with zero attached hydrogens (tertiary/aromatic N) is 1. The van der Waals surface area contributed by atoms with Crippen LogP contribution in [0.25, 0.3) is 10.9 Å². The van der Waals surface area contributed by atoms with Crippen molar-refractivity contribution in [3.05, 3.63) is 34.6 Å². The van der Waals surface area contributed by atoms with Crippen LogP contribution >= 0.6 is 0 Å². The lowest BCUT2D eigenvalue weighted by molar-refractivity contribution is -0.122. The number of rotatable bonds is 2. The van der Waals surface area contributed by atoms with Crippen molar-refractivity contribution in [2.45, 2.75) is 33.4 Å². The molecule has 5 heteroatoms. The highest BCUT2D eigenvalue weighted by Gasteiger charge is 2.29. The molecule has 0 bridgehead atoms. The van der Waals surface area contributed by atoms with Crippen LogP contribution in [0.1, 0.15) is 20.8 Å². The predicted octanol–water partition coefficient (Wildman–Crippen LogP) is 2.38. The van der Waals surface area contributed by atoms with Gasteiger partial charge in [-0.2, -0.15) is 0 Å². The van der Waals surface area contributed by atoms with E-state index in [1.54, 1.807) is 11.5 Å². The van der Waals surface area contributed by atoms with E-state index in [0.717, 1.165) is 10.9 Å². The molecule has 2 heterocycles. The summed E-state index contributed by atoms with van der Waals surface area (Å²) in [5.41, 5.74) is 0.869. The van der Waals surface area contributed by atoms with Crippen LogP contribution in [-0.4, -0.2) is 16.6 Å². The van der Waals surface area contributed by atoms with Crippen molar-refractivity contribution in [3.63, 3.8) is 0 Å². The van der Waals surface area contributed by atoms with Gasteiger partial charge >= 0.3 is 0 Å². The number of amides is 1. The second-order valence-corrected chi connectivity index (χ2v) is 5.78. The van der Waals surface area contributed by atoms with Crippen LogP contribution in [0.2, 0.25) is 0 Å². The van der Waals surface area contributed by atoms with Crippen LogP contribution in [0.3, 0.4) is 0 Å². The van der Waals surface area contributed by atoms with Gasteiger partial charge in [-0.25, -0.2) is 0 Å². The molecule has 0 saturated heterocycles. The molecule has 1 amide bonds. The van der Waals surface area contributed by atoms with Crippen LogP contribution in [0.5, 0.6) is 5.75 Å². The van der Waals surface area contributed by atoms with Crippen LogP contribution in [-0.2, 0) is 11.3 Å². The highest BCUT2D eigenvalue weighted by Crippen LogP contribution is 2.34. The van der Waals surface area contributed by atoms with E-state index in [0.29, 0.717) is 18.2 Å². The summed E-state index contributed by atoms with van der Waals surface area (Å²) in [5.74, 6) is 0.511. The van der Waals surface area contributed by atoms with E-state index in [1.807, 2.05) is 24.3 Å². The molecular formula is C16H18N2O3. The van der Waals surface area contributed by atoms with Gasteiger partial charge in [0.05, 0.1) is 5.52 Å². The van der Waals surface area contributed by atoms with Crippen molar-refractivity contribution < 1.29 is 9.53 Å². The Kier molecular flexibility index (Phi) is 3.20. The molecule has 21 heavy (non-hydrogen) atoms. The largest absolute Gasteiger partial charge is 0.478 e. The molecule has 0 saturated carbocycles. The highest BCUT2D eigenvalue weighted by atomic mass is 16.5. The number of hydrogen-bond donors (Lipinski definition) is 1. The Hall–Kier alpha value is -2.30. The number of nitrogens with one attached hydrogen (secondary N) is 1. The van der Waals surface area contributed by atoms with Gasteiger partial charge in [-0.05, 0) is 25.0 Å². The molecule has 0 aliphatic carbocycles. The van der Waals surface area contributed by atoms with Crippen molar-refractivity contribution in [1.82, 2.24) is 4.57 Å². The lowest BCUT2D eigenvalue weighted by atomic mass is 10.1. The number of anilines is 1. The maximum absolute atomic E-state index is 12.7. The number of aromatic nitrogens is 1. The van der Waals surface area contributed by atoms with Crippen LogP contribution < -0.4 is 15.6 Å². The molecule has 110 valence electrons. The summed E-state index contributed by atoms with van der Waals surface area (Å²) in [5, 5.41) is 3.53. The maximum atomic E-state index is 12.7. The van der Waals surface area contributed by atoms with Crippen molar-refractivity contribution in [3.8, 4) is 5.75 Å². The molecule has 0 fully saturated rings. The van der Waals surface area contributed by atoms with Gasteiger partial charge < -0.3 is 14.6 Å². The minimum absolute atomic E-state index is 0.211. The first-order chi connectivity index (χ1) is 9.99. The summed E-state index contributed by atoms with van der Waals surface area (Å²) in [7, 11) is 0. The third-order valence-electron chi connectivity index (χ3n) is 3.59. The summed E-state index contributed by atoms with van der Waals surface area (Å²) in [6, 6.07) is 7.62. The molecule has 1 atom stereocenters. The topological polar surface area (TPSA) is 60.3 Å². The Morgan fingerprint density at radius 1 is 1.29 bits per heavy atom. The van der Waals surface area contributed by atoms with E-state index >= 15 is 0 Å². The SMILES string of the molecule is CC(C)Cn1c(=O)c2c(c3ccccc31)OC(C)C(=O)N2. The van der Waals surface area contributed by atoms with E-state index in [9.17, 15) is 9.59 Å². The zero-order valence-electron chi connectivity index (χ0n) is 12.3. The van der Waals surface area contributed by atoms with Gasteiger partial charge in [-0.1, -0.05) is 26.0 Å². The van der Waals surface area contributed by atoms with Crippen LogP contribution in [0.4, 0.5) is 5.69 Å². The van der Waals surface area contributed by atoms with Gasteiger partial charge in [0.15, 0.2) is 17.5 Å². The van der Waals surface area contributed by atoms with Gasteiger partial charge in [-0.3, -0.25) is 9.59 Å². The summed E-state index contributed by atoms with van der Waals surface area (Å²) >= 11 is 0. The first kappa shape index (κ1) is 13.7. The number of ether oxygens (including phenoxy) is 1. The second-order valence-electron chi connectivity index (χ2n) is 5.78. The maximum Gasteiger partial charge on any atom is 0.278 e. The van der Waals surface area contributed by atoms with Crippen LogP contribution in [0.15, 0.2) is 29.1 Å². The van der Waals surface area contributed by atoms with E-state index in [1.165, 1.54) is 0 Å². The Bertz CT molecular complexity index is 777. The lowest BCUT2D eigenvalue weighted by Gasteiger charge is -2.26. The van der Waals surface area contributed by atoms with Gasteiger partial charge in [0.2, 0.25) is 0 Å². The Morgan fingerprint density at radius 2 is 2.00 bits per heavy atom. The second kappa shape index (κ2) is 4.91. The zero-order chi connectivity index (χ0) is 15.1. The molecule has 0 radical (unpaired) electrons. The third-order valence-corrected chi connectivity index (χ3v) is 3.59. The molecule has 1 unspecified atom stereocenters. The predicted molar refractivity (Wildman–Crippen MR) is 81.8 cm³/mol. The molecular weight excluding hydrogens is 268 g/mol. The van der Waals surface area contributed by atoms with Gasteiger partial charge in [0.25, 0.3) is 11.5 Å². The standard InChI is InChI=1S/C16H18N2O3/c1-9(2)8-18-12-7-5-4-6-11(12)14-13(16(18)20)17-15(19)10(3)21-14/h4-7,9-10H,8H2,1-3H3,(H,17,19). The third kappa shape index (κ3) is 2.18. The van der Waals surface area contributed by atoms with Crippen molar-refractivity contribution >= 4 is 22.5 Å². The van der Waals surface area contributed by atoms with Gasteiger partial charge in [0, 0.05) is 11.9 Å². The minimum Gasteiger partial charge on any atom is -0.478 e. The smallest absolute Gasteiger partial charge is 0.278 e. The lowest BCUT2D eigenvalue weighted by Crippen LogP contribution is -2.39. The fraction of sp³-hybridized carbons (Fsp3) is 0.375. The summed E-state index contributed by atoms with van der Waals surface area (Å²) < 4.78 is 7.38. The van der Waals surface area contributed by atoms with Crippen molar-refractivity contribution in [2.75, 3.05) is 5.32 Å². The zero-order valence-corrected chi connectivity index (χ0v) is 12.3. The molecule has 1 N–H and O–H groups in total. The first-order valence-corrected chi connectivity index (χ1v) is 7.12. The van der Waals surface area contributed by atoms with E-state index in [4.69, 9.17) is 4.74 Å². The number of fused-ring (bicyclic) bond motifs is 3. The number of benzene rings is 1. The quantitative estimate of drug-likeness (QED) is 0.922. The Labute approximate surface area is 122 Å². The van der Waals surface area contributed by atoms with E-state index < -0.39 is 6.10 Å². The molecule has 1 aromatic heterocycles. The molecule has 1 aliphatic heterocycles. The number of carbonyl (C=O) groups is 1. The average Bonchev–Trinajstić information content (AvgIpc) is 2.45. The molecule has 2 aromatic rings. The van der Waals surface area contributed by atoms with Crippen molar-refractivity contribution in [1.29, 1.82) is 0 Å². The number of carbonyl (C=O) groups excluding carboxylic acids is 1. The number of para-hydroxylation sites is 1.